The summed E-state index contributed by atoms with van der Waals surface area (Å²) in [5, 5.41) is 2.89. The molecule has 0 heterocycles. The monoisotopic (exact) mass is 377 g/mol. The van der Waals surface area contributed by atoms with E-state index in [-0.39, 0.29) is 5.91 Å². The first kappa shape index (κ1) is 17.3. The molecular formula is C18H20BrNO3. The van der Waals surface area contributed by atoms with E-state index < -0.39 is 0 Å². The summed E-state index contributed by atoms with van der Waals surface area (Å²) in [6.07, 6.45) is 0. The van der Waals surface area contributed by atoms with E-state index in [4.69, 9.17) is 9.47 Å². The Balaban J connectivity index is 2.15. The number of rotatable bonds is 6. The number of anilines is 1. The van der Waals surface area contributed by atoms with E-state index in [9.17, 15) is 4.79 Å². The van der Waals surface area contributed by atoms with Gasteiger partial charge in [-0.2, -0.15) is 0 Å². The standard InChI is InChI=1S/C18H20BrNO3/c1-12(2)11-23-17-7-5-4-6-15(17)20-18(21)13-8-9-16(22-3)14(19)10-13/h4-10,12H,11H2,1-3H3,(H,20,21). The van der Waals surface area contributed by atoms with Gasteiger partial charge in [0.2, 0.25) is 0 Å². The third-order valence-electron chi connectivity index (χ3n) is 3.12. The maximum absolute atomic E-state index is 12.4. The van der Waals surface area contributed by atoms with Crippen molar-refractivity contribution in [1.82, 2.24) is 0 Å². The number of para-hydroxylation sites is 2. The third kappa shape index (κ3) is 4.73. The minimum absolute atomic E-state index is 0.200. The highest BCUT2D eigenvalue weighted by molar-refractivity contribution is 9.10. The summed E-state index contributed by atoms with van der Waals surface area (Å²) >= 11 is 3.39. The van der Waals surface area contributed by atoms with Crippen LogP contribution < -0.4 is 14.8 Å². The van der Waals surface area contributed by atoms with Crippen molar-refractivity contribution >= 4 is 27.5 Å². The van der Waals surface area contributed by atoms with Gasteiger partial charge in [-0.15, -0.1) is 0 Å². The normalized spacial score (nSPS) is 10.5. The first-order valence-electron chi connectivity index (χ1n) is 7.38. The molecule has 0 radical (unpaired) electrons. The van der Waals surface area contributed by atoms with E-state index in [1.807, 2.05) is 24.3 Å². The lowest BCUT2D eigenvalue weighted by atomic mass is 10.2. The second kappa shape index (κ2) is 8.02. The minimum atomic E-state index is -0.200. The molecule has 1 N–H and O–H groups in total. The molecule has 0 atom stereocenters. The summed E-state index contributed by atoms with van der Waals surface area (Å²) in [5.74, 6) is 1.56. The van der Waals surface area contributed by atoms with Crippen molar-refractivity contribution in [2.24, 2.45) is 5.92 Å². The number of carbonyl (C=O) groups excluding carboxylic acids is 1. The smallest absolute Gasteiger partial charge is 0.255 e. The summed E-state index contributed by atoms with van der Waals surface area (Å²) in [6, 6.07) is 12.6. The highest BCUT2D eigenvalue weighted by Crippen LogP contribution is 2.28. The predicted molar refractivity (Wildman–Crippen MR) is 95.4 cm³/mol. The van der Waals surface area contributed by atoms with Gasteiger partial charge in [0, 0.05) is 5.56 Å². The average molecular weight is 378 g/mol. The maximum atomic E-state index is 12.4. The fourth-order valence-electron chi connectivity index (χ4n) is 1.95. The van der Waals surface area contributed by atoms with Crippen molar-refractivity contribution in [2.75, 3.05) is 19.0 Å². The molecule has 1 amide bonds. The molecule has 0 spiro atoms. The Bertz CT molecular complexity index is 686. The van der Waals surface area contributed by atoms with Crippen LogP contribution in [0.5, 0.6) is 11.5 Å². The van der Waals surface area contributed by atoms with Crippen molar-refractivity contribution < 1.29 is 14.3 Å². The molecule has 23 heavy (non-hydrogen) atoms. The molecular weight excluding hydrogens is 358 g/mol. The van der Waals surface area contributed by atoms with Gasteiger partial charge in [-0.3, -0.25) is 4.79 Å². The summed E-state index contributed by atoms with van der Waals surface area (Å²) in [5.41, 5.74) is 1.20. The Hall–Kier alpha value is -2.01. The van der Waals surface area contributed by atoms with Crippen LogP contribution >= 0.6 is 15.9 Å². The van der Waals surface area contributed by atoms with Gasteiger partial charge in [-0.1, -0.05) is 26.0 Å². The second-order valence-corrected chi connectivity index (χ2v) is 6.36. The zero-order chi connectivity index (χ0) is 16.8. The topological polar surface area (TPSA) is 47.6 Å². The number of benzene rings is 2. The van der Waals surface area contributed by atoms with Crippen molar-refractivity contribution in [3.63, 3.8) is 0 Å². The van der Waals surface area contributed by atoms with Crippen LogP contribution in [0.15, 0.2) is 46.9 Å². The van der Waals surface area contributed by atoms with Gasteiger partial charge in [-0.05, 0) is 52.2 Å². The third-order valence-corrected chi connectivity index (χ3v) is 3.74. The van der Waals surface area contributed by atoms with Gasteiger partial charge in [-0.25, -0.2) is 0 Å². The van der Waals surface area contributed by atoms with Gasteiger partial charge in [0.25, 0.3) is 5.91 Å². The van der Waals surface area contributed by atoms with E-state index in [0.717, 1.165) is 4.47 Å². The number of halogens is 1. The predicted octanol–water partition coefficient (Wildman–Crippen LogP) is 4.74. The lowest BCUT2D eigenvalue weighted by Gasteiger charge is -2.14. The molecule has 0 aliphatic carbocycles. The average Bonchev–Trinajstić information content (AvgIpc) is 2.53. The first-order chi connectivity index (χ1) is 11.0. The summed E-state index contributed by atoms with van der Waals surface area (Å²) in [6.45, 7) is 4.76. The Morgan fingerprint density at radius 3 is 2.57 bits per heavy atom. The number of hydrogen-bond acceptors (Lipinski definition) is 3. The molecule has 2 rings (SSSR count). The largest absolute Gasteiger partial charge is 0.496 e. The van der Waals surface area contributed by atoms with Gasteiger partial charge >= 0.3 is 0 Å². The Morgan fingerprint density at radius 1 is 1.17 bits per heavy atom. The molecule has 122 valence electrons. The molecule has 0 aliphatic rings. The fourth-order valence-corrected chi connectivity index (χ4v) is 2.49. The molecule has 2 aromatic carbocycles. The second-order valence-electron chi connectivity index (χ2n) is 5.50. The van der Waals surface area contributed by atoms with E-state index in [2.05, 4.69) is 35.1 Å². The van der Waals surface area contributed by atoms with E-state index in [1.165, 1.54) is 0 Å². The molecule has 0 bridgehead atoms. The fraction of sp³-hybridized carbons (Fsp3) is 0.278. The van der Waals surface area contributed by atoms with Crippen LogP contribution in [0.2, 0.25) is 0 Å². The van der Waals surface area contributed by atoms with Crippen molar-refractivity contribution in [3.05, 3.63) is 52.5 Å². The van der Waals surface area contributed by atoms with Crippen molar-refractivity contribution in [3.8, 4) is 11.5 Å². The number of amides is 1. The van der Waals surface area contributed by atoms with Gasteiger partial charge < -0.3 is 14.8 Å². The molecule has 4 nitrogen and oxygen atoms in total. The zero-order valence-corrected chi connectivity index (χ0v) is 15.0. The number of methoxy groups -OCH3 is 1. The first-order valence-corrected chi connectivity index (χ1v) is 8.17. The lowest BCUT2D eigenvalue weighted by molar-refractivity contribution is 0.102. The molecule has 0 saturated heterocycles. The lowest BCUT2D eigenvalue weighted by Crippen LogP contribution is -2.14. The van der Waals surface area contributed by atoms with E-state index in [0.29, 0.717) is 35.3 Å². The Kier molecular flexibility index (Phi) is 6.04. The van der Waals surface area contributed by atoms with Crippen LogP contribution in [0.4, 0.5) is 5.69 Å². The molecule has 0 unspecified atom stereocenters. The van der Waals surface area contributed by atoms with Crippen LogP contribution in [0.3, 0.4) is 0 Å². The quantitative estimate of drug-likeness (QED) is 0.790. The highest BCUT2D eigenvalue weighted by Gasteiger charge is 2.12. The van der Waals surface area contributed by atoms with Gasteiger partial charge in [0.15, 0.2) is 0 Å². The van der Waals surface area contributed by atoms with E-state index >= 15 is 0 Å². The van der Waals surface area contributed by atoms with Crippen molar-refractivity contribution in [1.29, 1.82) is 0 Å². The van der Waals surface area contributed by atoms with Crippen LogP contribution in [0.25, 0.3) is 0 Å². The highest BCUT2D eigenvalue weighted by atomic mass is 79.9. The molecule has 0 aromatic heterocycles. The number of nitrogens with one attached hydrogen (secondary N) is 1. The van der Waals surface area contributed by atoms with Crippen LogP contribution in [-0.2, 0) is 0 Å². The minimum Gasteiger partial charge on any atom is -0.496 e. The zero-order valence-electron chi connectivity index (χ0n) is 13.4. The molecule has 0 saturated carbocycles. The van der Waals surface area contributed by atoms with Gasteiger partial charge in [0.05, 0.1) is 23.9 Å². The summed E-state index contributed by atoms with van der Waals surface area (Å²) < 4.78 is 11.7. The van der Waals surface area contributed by atoms with Crippen LogP contribution in [-0.4, -0.2) is 19.6 Å². The van der Waals surface area contributed by atoms with E-state index in [1.54, 1.807) is 25.3 Å². The van der Waals surface area contributed by atoms with Crippen LogP contribution in [0.1, 0.15) is 24.2 Å². The number of carbonyl (C=O) groups is 1. The summed E-state index contributed by atoms with van der Waals surface area (Å²) in [7, 11) is 1.59. The number of hydrogen-bond donors (Lipinski definition) is 1. The van der Waals surface area contributed by atoms with Crippen molar-refractivity contribution in [2.45, 2.75) is 13.8 Å². The molecule has 0 fully saturated rings. The molecule has 5 heteroatoms. The molecule has 0 aliphatic heterocycles. The Labute approximate surface area is 144 Å². The Morgan fingerprint density at radius 2 is 1.91 bits per heavy atom. The number of ether oxygens (including phenoxy) is 2. The SMILES string of the molecule is COc1ccc(C(=O)Nc2ccccc2OCC(C)C)cc1Br. The van der Waals surface area contributed by atoms with Gasteiger partial charge in [0.1, 0.15) is 11.5 Å². The maximum Gasteiger partial charge on any atom is 0.255 e. The van der Waals surface area contributed by atoms with Crippen LogP contribution in [0, 0.1) is 5.92 Å². The molecule has 2 aromatic rings. The summed E-state index contributed by atoms with van der Waals surface area (Å²) in [4.78, 5) is 12.4.